The van der Waals surface area contributed by atoms with Crippen molar-refractivity contribution < 1.29 is 9.13 Å². The van der Waals surface area contributed by atoms with Crippen molar-refractivity contribution in [2.45, 2.75) is 73.0 Å². The number of hydrogen-bond donors (Lipinski definition) is 1. The third kappa shape index (κ3) is 4.88. The summed E-state index contributed by atoms with van der Waals surface area (Å²) in [4.78, 5) is 18.5. The largest absolute Gasteiger partial charge is 0.381 e. The Kier molecular flexibility index (Phi) is 7.05. The third-order valence-corrected chi connectivity index (χ3v) is 9.22. The first-order valence-corrected chi connectivity index (χ1v) is 14.9. The predicted molar refractivity (Wildman–Crippen MR) is 165 cm³/mol. The number of aromatic nitrogens is 3. The molecule has 6 nitrogen and oxygen atoms in total. The van der Waals surface area contributed by atoms with Crippen molar-refractivity contribution in [1.82, 2.24) is 15.0 Å². The van der Waals surface area contributed by atoms with Crippen molar-refractivity contribution in [1.29, 1.82) is 0 Å². The van der Waals surface area contributed by atoms with E-state index in [1.807, 2.05) is 26.3 Å². The molecule has 6 rings (SSSR count). The van der Waals surface area contributed by atoms with Crippen molar-refractivity contribution in [3.8, 4) is 11.4 Å². The Morgan fingerprint density at radius 2 is 1.85 bits per heavy atom. The number of piperidine rings is 1. The minimum atomic E-state index is -0.256. The molecule has 4 aromatic rings. The van der Waals surface area contributed by atoms with E-state index < -0.39 is 0 Å². The van der Waals surface area contributed by atoms with E-state index in [-0.39, 0.29) is 17.3 Å². The van der Waals surface area contributed by atoms with Gasteiger partial charge in [0.25, 0.3) is 0 Å². The lowest BCUT2D eigenvalue weighted by atomic mass is 9.81. The molecule has 0 saturated carbocycles. The number of rotatable bonds is 5. The Balaban J connectivity index is 1.48. The average Bonchev–Trinajstić information content (AvgIpc) is 3.34. The van der Waals surface area contributed by atoms with Crippen LogP contribution in [0, 0.1) is 25.1 Å². The zero-order chi connectivity index (χ0) is 29.1. The zero-order valence-corrected chi connectivity index (χ0v) is 25.4. The lowest BCUT2D eigenvalue weighted by molar-refractivity contribution is -0.00647. The van der Waals surface area contributed by atoms with Gasteiger partial charge in [0.05, 0.1) is 17.3 Å². The van der Waals surface area contributed by atoms with E-state index >= 15 is 0 Å². The quantitative estimate of drug-likeness (QED) is 0.280. The molecule has 0 bridgehead atoms. The highest BCUT2D eigenvalue weighted by Crippen LogP contribution is 2.39. The molecule has 1 N–H and O–H groups in total. The topological polar surface area (TPSA) is 57.3 Å². The van der Waals surface area contributed by atoms with E-state index in [1.54, 1.807) is 0 Å². The fraction of sp³-hybridized carbons (Fsp3) is 0.471. The fourth-order valence-electron chi connectivity index (χ4n) is 6.83. The number of aryl methyl sites for hydroxylation is 2. The van der Waals surface area contributed by atoms with Crippen LogP contribution in [0.4, 0.5) is 15.9 Å². The molecule has 1 atom stereocenters. The highest BCUT2D eigenvalue weighted by atomic mass is 19.1. The van der Waals surface area contributed by atoms with E-state index in [2.05, 4.69) is 67.6 Å². The van der Waals surface area contributed by atoms with E-state index in [0.717, 1.165) is 67.0 Å². The number of fused-ring (bicyclic) bond motifs is 2. The Bertz CT molecular complexity index is 1610. The van der Waals surface area contributed by atoms with E-state index in [9.17, 15) is 4.39 Å². The number of nitrogens with one attached hydrogen (secondary N) is 1. The van der Waals surface area contributed by atoms with Crippen LogP contribution in [0.1, 0.15) is 68.0 Å². The number of methoxy groups -OCH3 is 1. The summed E-state index contributed by atoms with van der Waals surface area (Å²) in [5, 5.41) is 0.855. The maximum atomic E-state index is 14.7. The normalized spacial score (nSPS) is 18.8. The van der Waals surface area contributed by atoms with Crippen LogP contribution in [0.2, 0.25) is 0 Å². The number of anilines is 2. The number of aromatic amines is 1. The van der Waals surface area contributed by atoms with Gasteiger partial charge in [0.2, 0.25) is 0 Å². The second-order valence-electron chi connectivity index (χ2n) is 12.9. The number of H-pyrrole nitrogens is 1. The van der Waals surface area contributed by atoms with Gasteiger partial charge in [-0.3, -0.25) is 0 Å². The molecule has 1 fully saturated rings. The third-order valence-electron chi connectivity index (χ3n) is 9.22. The average molecular weight is 556 g/mol. The summed E-state index contributed by atoms with van der Waals surface area (Å²) in [6.07, 6.45) is 3.83. The molecule has 2 aliphatic heterocycles. The van der Waals surface area contributed by atoms with Gasteiger partial charge in [-0.25, -0.2) is 14.4 Å². The molecule has 1 unspecified atom stereocenters. The van der Waals surface area contributed by atoms with Crippen LogP contribution in [-0.4, -0.2) is 47.8 Å². The lowest BCUT2D eigenvalue weighted by Crippen LogP contribution is -2.50. The molecule has 0 radical (unpaired) electrons. The van der Waals surface area contributed by atoms with Crippen LogP contribution in [-0.2, 0) is 17.7 Å². The molecular weight excluding hydrogens is 513 g/mol. The molecule has 216 valence electrons. The van der Waals surface area contributed by atoms with Gasteiger partial charge in [-0.05, 0) is 61.1 Å². The van der Waals surface area contributed by atoms with Gasteiger partial charge in [0, 0.05) is 73.5 Å². The Morgan fingerprint density at radius 1 is 1.05 bits per heavy atom. The maximum Gasteiger partial charge on any atom is 0.162 e. The molecule has 2 aromatic carbocycles. The van der Waals surface area contributed by atoms with E-state index in [4.69, 9.17) is 14.7 Å². The smallest absolute Gasteiger partial charge is 0.162 e. The molecule has 7 heteroatoms. The fourth-order valence-corrected chi connectivity index (χ4v) is 6.83. The summed E-state index contributed by atoms with van der Waals surface area (Å²) in [6.45, 7) is 16.6. The van der Waals surface area contributed by atoms with Crippen LogP contribution in [0.25, 0.3) is 22.3 Å². The van der Waals surface area contributed by atoms with Crippen molar-refractivity contribution in [3.05, 3.63) is 70.3 Å². The van der Waals surface area contributed by atoms with Crippen LogP contribution in [0.15, 0.2) is 36.5 Å². The standard InChI is InChI=1S/C34H42FN5O/c1-20(2)23-9-8-21(3)28(16-23)39-14-12-27-25(18-39)33(40-15-13-29(41-7)34(5,6)19-40)38-32(37-27)24-10-11-26(35)31-30(24)22(4)17-36-31/h8-11,16-17,20,29,36H,12-15,18-19H2,1-7H3. The molecule has 0 spiro atoms. The van der Waals surface area contributed by atoms with Crippen LogP contribution < -0.4 is 9.80 Å². The Morgan fingerprint density at radius 3 is 2.59 bits per heavy atom. The summed E-state index contributed by atoms with van der Waals surface area (Å²) in [7, 11) is 1.82. The van der Waals surface area contributed by atoms with Crippen molar-refractivity contribution in [3.63, 3.8) is 0 Å². The molecule has 41 heavy (non-hydrogen) atoms. The van der Waals surface area contributed by atoms with Crippen LogP contribution >= 0.6 is 0 Å². The Labute approximate surface area is 243 Å². The highest BCUT2D eigenvalue weighted by molar-refractivity contribution is 5.96. The minimum absolute atomic E-state index is 0.0259. The first kappa shape index (κ1) is 27.7. The van der Waals surface area contributed by atoms with Gasteiger partial charge in [-0.15, -0.1) is 0 Å². The summed E-state index contributed by atoms with van der Waals surface area (Å²) < 4.78 is 20.6. The van der Waals surface area contributed by atoms with Crippen molar-refractivity contribution in [2.75, 3.05) is 36.5 Å². The number of nitrogens with zero attached hydrogens (tertiary/aromatic N) is 4. The number of halogens is 1. The molecule has 1 saturated heterocycles. The van der Waals surface area contributed by atoms with Gasteiger partial charge in [0.1, 0.15) is 11.6 Å². The molecule has 0 aliphatic carbocycles. The van der Waals surface area contributed by atoms with Gasteiger partial charge in [0.15, 0.2) is 5.82 Å². The molecular formula is C34H42FN5O. The summed E-state index contributed by atoms with van der Waals surface area (Å²) in [5.41, 5.74) is 8.58. The van der Waals surface area contributed by atoms with E-state index in [1.165, 1.54) is 28.4 Å². The Hall–Kier alpha value is -3.45. The summed E-state index contributed by atoms with van der Waals surface area (Å²) in [5.74, 6) is 1.89. The molecule has 4 heterocycles. The van der Waals surface area contributed by atoms with Crippen molar-refractivity contribution in [2.24, 2.45) is 5.41 Å². The monoisotopic (exact) mass is 555 g/mol. The van der Waals surface area contributed by atoms with Gasteiger partial charge in [-0.2, -0.15) is 0 Å². The first-order chi connectivity index (χ1) is 19.6. The summed E-state index contributed by atoms with van der Waals surface area (Å²) >= 11 is 0. The molecule has 2 aliphatic rings. The SMILES string of the molecule is COC1CCN(c2nc(-c3ccc(F)c4[nH]cc(C)c34)nc3c2CN(c2cc(C(C)C)ccc2C)CC3)CC1(C)C. The maximum absolute atomic E-state index is 14.7. The van der Waals surface area contributed by atoms with Crippen LogP contribution in [0.3, 0.4) is 0 Å². The predicted octanol–water partition coefficient (Wildman–Crippen LogP) is 7.32. The zero-order valence-electron chi connectivity index (χ0n) is 25.4. The van der Waals surface area contributed by atoms with Gasteiger partial charge in [-0.1, -0.05) is 39.8 Å². The molecule has 2 aromatic heterocycles. The van der Waals surface area contributed by atoms with Crippen molar-refractivity contribution >= 4 is 22.4 Å². The number of hydrogen-bond acceptors (Lipinski definition) is 5. The summed E-state index contributed by atoms with van der Waals surface area (Å²) in [6, 6.07) is 10.2. The van der Waals surface area contributed by atoms with Crippen LogP contribution in [0.5, 0.6) is 0 Å². The first-order valence-electron chi connectivity index (χ1n) is 14.9. The van der Waals surface area contributed by atoms with E-state index in [0.29, 0.717) is 17.3 Å². The number of benzene rings is 2. The second-order valence-corrected chi connectivity index (χ2v) is 12.9. The van der Waals surface area contributed by atoms with Gasteiger partial charge < -0.3 is 19.5 Å². The minimum Gasteiger partial charge on any atom is -0.381 e. The second kappa shape index (κ2) is 10.4. The van der Waals surface area contributed by atoms with Gasteiger partial charge >= 0.3 is 0 Å². The highest BCUT2D eigenvalue weighted by Gasteiger charge is 2.38. The number of ether oxygens (including phenoxy) is 1. The molecule has 0 amide bonds. The lowest BCUT2D eigenvalue weighted by Gasteiger charge is -2.45.